The third-order valence-electron chi connectivity index (χ3n) is 3.81. The minimum Gasteiger partial charge on any atom is -0.487 e. The molecule has 0 saturated heterocycles. The van der Waals surface area contributed by atoms with Crippen LogP contribution < -0.4 is 4.74 Å². The van der Waals surface area contributed by atoms with Crippen molar-refractivity contribution in [2.45, 2.75) is 44.6 Å². The molecule has 0 N–H and O–H groups in total. The number of halogens is 1. The van der Waals surface area contributed by atoms with Crippen LogP contribution in [-0.2, 0) is 6.42 Å². The van der Waals surface area contributed by atoms with Crippen LogP contribution in [0.25, 0.3) is 0 Å². The maximum absolute atomic E-state index is 6.19. The molecule has 3 rings (SSSR count). The Bertz CT molecular complexity index is 407. The van der Waals surface area contributed by atoms with Gasteiger partial charge in [0.1, 0.15) is 11.4 Å². The molecule has 1 aliphatic heterocycles. The van der Waals surface area contributed by atoms with E-state index in [2.05, 4.69) is 13.0 Å². The van der Waals surface area contributed by atoms with E-state index in [9.17, 15) is 0 Å². The average Bonchev–Trinajstić information content (AvgIpc) is 2.21. The minimum absolute atomic E-state index is 0.169. The molecular weight excluding hydrogens is 208 g/mol. The molecule has 1 spiro atoms. The molecule has 1 aromatic carbocycles. The zero-order valence-electron chi connectivity index (χ0n) is 8.98. The van der Waals surface area contributed by atoms with E-state index in [1.165, 1.54) is 30.4 Å². The lowest BCUT2D eigenvalue weighted by Crippen LogP contribution is -2.45. The first-order valence-corrected chi connectivity index (χ1v) is 6.05. The summed E-state index contributed by atoms with van der Waals surface area (Å²) < 4.78 is 6.18. The summed E-state index contributed by atoms with van der Waals surface area (Å²) in [5.74, 6) is 1.06. The molecular formula is C13H15ClO. The first-order valence-electron chi connectivity index (χ1n) is 5.67. The Morgan fingerprint density at radius 3 is 2.73 bits per heavy atom. The van der Waals surface area contributed by atoms with E-state index in [-0.39, 0.29) is 5.60 Å². The number of hydrogen-bond donors (Lipinski definition) is 0. The second-order valence-corrected chi connectivity index (χ2v) is 5.22. The minimum atomic E-state index is 0.169. The normalized spacial score (nSPS) is 21.7. The number of hydrogen-bond acceptors (Lipinski definition) is 1. The summed E-state index contributed by atoms with van der Waals surface area (Å²) in [7, 11) is 0. The lowest BCUT2D eigenvalue weighted by Gasteiger charge is -2.45. The van der Waals surface area contributed by atoms with Gasteiger partial charge in [-0.2, -0.15) is 0 Å². The SMILES string of the molecule is Cc1ccc(Cl)c2c1OC1(CCC1)CC2. The fourth-order valence-electron chi connectivity index (χ4n) is 2.64. The molecule has 0 radical (unpaired) electrons. The Balaban J connectivity index is 2.04. The van der Waals surface area contributed by atoms with Crippen LogP contribution in [0.3, 0.4) is 0 Å². The summed E-state index contributed by atoms with van der Waals surface area (Å²) in [4.78, 5) is 0. The third kappa shape index (κ3) is 1.37. The lowest BCUT2D eigenvalue weighted by molar-refractivity contribution is -0.0255. The molecule has 1 heterocycles. The highest BCUT2D eigenvalue weighted by atomic mass is 35.5. The van der Waals surface area contributed by atoms with Gasteiger partial charge in [0, 0.05) is 10.6 Å². The van der Waals surface area contributed by atoms with Gasteiger partial charge in [0.25, 0.3) is 0 Å². The molecule has 1 fully saturated rings. The Kier molecular flexibility index (Phi) is 2.00. The topological polar surface area (TPSA) is 9.23 Å². The van der Waals surface area contributed by atoms with Crippen LogP contribution >= 0.6 is 11.6 Å². The molecule has 1 nitrogen and oxygen atoms in total. The molecule has 0 bridgehead atoms. The maximum Gasteiger partial charge on any atom is 0.127 e. The first kappa shape index (κ1) is 9.53. The van der Waals surface area contributed by atoms with Gasteiger partial charge >= 0.3 is 0 Å². The predicted octanol–water partition coefficient (Wildman–Crippen LogP) is 3.90. The van der Waals surface area contributed by atoms with Crippen LogP contribution in [0.4, 0.5) is 0 Å². The van der Waals surface area contributed by atoms with Gasteiger partial charge in [-0.25, -0.2) is 0 Å². The molecule has 0 unspecified atom stereocenters. The quantitative estimate of drug-likeness (QED) is 0.647. The summed E-state index contributed by atoms with van der Waals surface area (Å²) in [6, 6.07) is 4.04. The average molecular weight is 223 g/mol. The van der Waals surface area contributed by atoms with Gasteiger partial charge in [0.05, 0.1) is 0 Å². The van der Waals surface area contributed by atoms with Gasteiger partial charge in [-0.15, -0.1) is 0 Å². The van der Waals surface area contributed by atoms with Gasteiger partial charge in [-0.05, 0) is 50.7 Å². The number of rotatable bonds is 0. The highest BCUT2D eigenvalue weighted by Crippen LogP contribution is 2.47. The standard InChI is InChI=1S/C13H15ClO/c1-9-3-4-11(14)10-5-8-13(6-2-7-13)15-12(9)10/h3-4H,2,5-8H2,1H3. The molecule has 1 aliphatic carbocycles. The summed E-state index contributed by atoms with van der Waals surface area (Å²) in [5.41, 5.74) is 2.61. The van der Waals surface area contributed by atoms with Crippen LogP contribution in [0.2, 0.25) is 5.02 Å². The summed E-state index contributed by atoms with van der Waals surface area (Å²) in [6.07, 6.45) is 5.98. The van der Waals surface area contributed by atoms with Gasteiger partial charge in [0.2, 0.25) is 0 Å². The van der Waals surface area contributed by atoms with Crippen LogP contribution in [0.5, 0.6) is 5.75 Å². The van der Waals surface area contributed by atoms with E-state index in [0.29, 0.717) is 0 Å². The number of aryl methyl sites for hydroxylation is 1. The van der Waals surface area contributed by atoms with Crippen molar-refractivity contribution in [1.82, 2.24) is 0 Å². The zero-order valence-corrected chi connectivity index (χ0v) is 9.73. The predicted molar refractivity (Wildman–Crippen MR) is 61.7 cm³/mol. The van der Waals surface area contributed by atoms with Crippen molar-refractivity contribution in [2.75, 3.05) is 0 Å². The van der Waals surface area contributed by atoms with E-state index < -0.39 is 0 Å². The van der Waals surface area contributed by atoms with Gasteiger partial charge in [-0.1, -0.05) is 17.7 Å². The van der Waals surface area contributed by atoms with Gasteiger partial charge < -0.3 is 4.74 Å². The molecule has 0 amide bonds. The van der Waals surface area contributed by atoms with Crippen molar-refractivity contribution >= 4 is 11.6 Å². The lowest BCUT2D eigenvalue weighted by atomic mass is 9.74. The molecule has 2 aliphatic rings. The molecule has 1 aromatic rings. The summed E-state index contributed by atoms with van der Waals surface area (Å²) >= 11 is 6.19. The van der Waals surface area contributed by atoms with Crippen LogP contribution in [0, 0.1) is 6.92 Å². The van der Waals surface area contributed by atoms with Crippen molar-refractivity contribution < 1.29 is 4.74 Å². The van der Waals surface area contributed by atoms with E-state index in [1.807, 2.05) is 6.07 Å². The monoisotopic (exact) mass is 222 g/mol. The molecule has 1 saturated carbocycles. The molecule has 2 heteroatoms. The zero-order chi connectivity index (χ0) is 10.5. The summed E-state index contributed by atoms with van der Waals surface area (Å²) in [6.45, 7) is 2.10. The molecule has 15 heavy (non-hydrogen) atoms. The van der Waals surface area contributed by atoms with Crippen molar-refractivity contribution in [3.05, 3.63) is 28.3 Å². The van der Waals surface area contributed by atoms with Crippen molar-refractivity contribution in [1.29, 1.82) is 0 Å². The number of benzene rings is 1. The maximum atomic E-state index is 6.19. The fourth-order valence-corrected chi connectivity index (χ4v) is 2.88. The Morgan fingerprint density at radius 1 is 1.27 bits per heavy atom. The number of ether oxygens (including phenoxy) is 1. The molecule has 0 atom stereocenters. The van der Waals surface area contributed by atoms with E-state index in [0.717, 1.165) is 23.6 Å². The molecule has 80 valence electrons. The van der Waals surface area contributed by atoms with E-state index >= 15 is 0 Å². The van der Waals surface area contributed by atoms with Gasteiger partial charge in [-0.3, -0.25) is 0 Å². The Morgan fingerprint density at radius 2 is 2.07 bits per heavy atom. The smallest absolute Gasteiger partial charge is 0.127 e. The Hall–Kier alpha value is -0.690. The van der Waals surface area contributed by atoms with Gasteiger partial charge in [0.15, 0.2) is 0 Å². The Labute approximate surface area is 95.4 Å². The highest BCUT2D eigenvalue weighted by molar-refractivity contribution is 6.31. The van der Waals surface area contributed by atoms with Crippen molar-refractivity contribution in [3.8, 4) is 5.75 Å². The van der Waals surface area contributed by atoms with Crippen LogP contribution in [-0.4, -0.2) is 5.60 Å². The third-order valence-corrected chi connectivity index (χ3v) is 4.17. The summed E-state index contributed by atoms with van der Waals surface area (Å²) in [5, 5.41) is 0.866. The number of fused-ring (bicyclic) bond motifs is 1. The second-order valence-electron chi connectivity index (χ2n) is 4.81. The second kappa shape index (κ2) is 3.15. The van der Waals surface area contributed by atoms with Crippen molar-refractivity contribution in [3.63, 3.8) is 0 Å². The van der Waals surface area contributed by atoms with E-state index in [4.69, 9.17) is 16.3 Å². The van der Waals surface area contributed by atoms with Crippen molar-refractivity contribution in [2.24, 2.45) is 0 Å². The van der Waals surface area contributed by atoms with E-state index in [1.54, 1.807) is 0 Å². The first-order chi connectivity index (χ1) is 7.20. The highest BCUT2D eigenvalue weighted by Gasteiger charge is 2.42. The van der Waals surface area contributed by atoms with Crippen LogP contribution in [0.15, 0.2) is 12.1 Å². The fraction of sp³-hybridized carbons (Fsp3) is 0.538. The van der Waals surface area contributed by atoms with Crippen LogP contribution in [0.1, 0.15) is 36.8 Å². The largest absolute Gasteiger partial charge is 0.487 e. The molecule has 0 aromatic heterocycles.